The summed E-state index contributed by atoms with van der Waals surface area (Å²) in [4.78, 5) is 9.87. The molecular weight excluding hydrogens is 287 g/mol. The van der Waals surface area contributed by atoms with E-state index in [1.54, 1.807) is 12.1 Å². The molecular formula is C16H27O4P. The monoisotopic (exact) mass is 314 g/mol. The van der Waals surface area contributed by atoms with E-state index in [-0.39, 0.29) is 6.61 Å². The van der Waals surface area contributed by atoms with E-state index in [4.69, 9.17) is 9.05 Å². The van der Waals surface area contributed by atoms with E-state index in [2.05, 4.69) is 13.8 Å². The van der Waals surface area contributed by atoms with Crippen LogP contribution in [0, 0.1) is 5.92 Å². The number of unbranched alkanes of at least 4 members (excludes halogenated alkanes) is 1. The summed E-state index contributed by atoms with van der Waals surface area (Å²) in [6, 6.07) is 7.24. The van der Waals surface area contributed by atoms with Crippen LogP contribution < -0.4 is 4.52 Å². The molecule has 4 nitrogen and oxygen atoms in total. The summed E-state index contributed by atoms with van der Waals surface area (Å²) in [5.74, 6) is 0.725. The molecule has 1 N–H and O–H groups in total. The molecule has 0 radical (unpaired) electrons. The van der Waals surface area contributed by atoms with Crippen LogP contribution in [0.25, 0.3) is 0 Å². The fraction of sp³-hybridized carbons (Fsp3) is 0.625. The lowest BCUT2D eigenvalue weighted by molar-refractivity contribution is 0.165. The van der Waals surface area contributed by atoms with E-state index in [9.17, 15) is 9.46 Å². The molecule has 1 rings (SSSR count). The average Bonchev–Trinajstić information content (AvgIpc) is 2.47. The molecule has 120 valence electrons. The Morgan fingerprint density at radius 3 is 2.57 bits per heavy atom. The van der Waals surface area contributed by atoms with E-state index >= 15 is 0 Å². The van der Waals surface area contributed by atoms with Crippen molar-refractivity contribution in [1.82, 2.24) is 0 Å². The molecule has 0 saturated heterocycles. The lowest BCUT2D eigenvalue weighted by Gasteiger charge is -2.19. The van der Waals surface area contributed by atoms with Crippen LogP contribution in [0.2, 0.25) is 0 Å². The van der Waals surface area contributed by atoms with Gasteiger partial charge >= 0.3 is 7.82 Å². The summed E-state index contributed by atoms with van der Waals surface area (Å²) < 4.78 is 22.4. The third kappa shape index (κ3) is 6.64. The zero-order valence-electron chi connectivity index (χ0n) is 13.2. The number of hydrogen-bond acceptors (Lipinski definition) is 3. The summed E-state index contributed by atoms with van der Waals surface area (Å²) in [6.07, 6.45) is 4.92. The van der Waals surface area contributed by atoms with Gasteiger partial charge in [0.2, 0.25) is 0 Å². The van der Waals surface area contributed by atoms with Gasteiger partial charge in [-0.15, -0.1) is 0 Å². The van der Waals surface area contributed by atoms with Gasteiger partial charge in [-0.25, -0.2) is 4.57 Å². The smallest absolute Gasteiger partial charge is 0.404 e. The van der Waals surface area contributed by atoms with Gasteiger partial charge in [-0.1, -0.05) is 58.2 Å². The molecule has 0 aliphatic rings. The van der Waals surface area contributed by atoms with Gasteiger partial charge in [0.1, 0.15) is 5.75 Å². The van der Waals surface area contributed by atoms with Crippen LogP contribution in [0.3, 0.4) is 0 Å². The minimum atomic E-state index is -4.05. The largest absolute Gasteiger partial charge is 0.527 e. The zero-order valence-corrected chi connectivity index (χ0v) is 14.1. The lowest BCUT2D eigenvalue weighted by atomic mass is 10.0. The first-order valence-electron chi connectivity index (χ1n) is 7.77. The number of hydrogen-bond donors (Lipinski definition) is 1. The van der Waals surface area contributed by atoms with Crippen LogP contribution in [-0.4, -0.2) is 11.5 Å². The molecule has 1 aromatic rings. The molecule has 0 bridgehead atoms. The van der Waals surface area contributed by atoms with Crippen LogP contribution in [0.1, 0.15) is 52.0 Å². The van der Waals surface area contributed by atoms with Crippen molar-refractivity contribution >= 4 is 7.82 Å². The maximum absolute atomic E-state index is 12.1. The minimum absolute atomic E-state index is 0.262. The molecule has 1 aromatic carbocycles. The Labute approximate surface area is 128 Å². The number of rotatable bonds is 10. The molecule has 0 aromatic heterocycles. The number of para-hydroxylation sites is 1. The quantitative estimate of drug-likeness (QED) is 0.620. The van der Waals surface area contributed by atoms with Crippen molar-refractivity contribution < 1.29 is 18.5 Å². The molecule has 0 fully saturated rings. The van der Waals surface area contributed by atoms with Crippen LogP contribution >= 0.6 is 7.82 Å². The van der Waals surface area contributed by atoms with Crippen LogP contribution in [0.5, 0.6) is 5.75 Å². The van der Waals surface area contributed by atoms with Gasteiger partial charge in [0, 0.05) is 0 Å². The molecule has 0 amide bonds. The Bertz CT molecular complexity index is 461. The Morgan fingerprint density at radius 2 is 1.95 bits per heavy atom. The van der Waals surface area contributed by atoms with Crippen molar-refractivity contribution in [3.05, 3.63) is 29.8 Å². The third-order valence-corrected chi connectivity index (χ3v) is 4.49. The number of phosphoric ester groups is 1. The predicted octanol–water partition coefficient (Wildman–Crippen LogP) is 4.96. The van der Waals surface area contributed by atoms with Gasteiger partial charge in [-0.2, -0.15) is 0 Å². The minimum Gasteiger partial charge on any atom is -0.404 e. The van der Waals surface area contributed by atoms with Gasteiger partial charge in [0.15, 0.2) is 0 Å². The van der Waals surface area contributed by atoms with Gasteiger partial charge in [-0.3, -0.25) is 9.42 Å². The van der Waals surface area contributed by atoms with E-state index in [1.165, 1.54) is 0 Å². The van der Waals surface area contributed by atoms with Gasteiger partial charge in [-0.05, 0) is 30.4 Å². The van der Waals surface area contributed by atoms with Gasteiger partial charge < -0.3 is 4.52 Å². The second-order valence-electron chi connectivity index (χ2n) is 5.23. The highest BCUT2D eigenvalue weighted by molar-refractivity contribution is 7.47. The highest BCUT2D eigenvalue weighted by Crippen LogP contribution is 2.45. The van der Waals surface area contributed by atoms with Crippen molar-refractivity contribution in [2.75, 3.05) is 6.61 Å². The fourth-order valence-corrected chi connectivity index (χ4v) is 3.01. The molecule has 2 unspecified atom stereocenters. The second kappa shape index (κ2) is 9.24. The van der Waals surface area contributed by atoms with E-state index in [0.29, 0.717) is 11.7 Å². The molecule has 0 saturated carbocycles. The first-order valence-corrected chi connectivity index (χ1v) is 9.26. The van der Waals surface area contributed by atoms with E-state index in [0.717, 1.165) is 37.7 Å². The normalized spacial score (nSPS) is 15.4. The Hall–Kier alpha value is -0.830. The lowest BCUT2D eigenvalue weighted by Crippen LogP contribution is -2.09. The second-order valence-corrected chi connectivity index (χ2v) is 6.61. The first kappa shape index (κ1) is 18.2. The fourth-order valence-electron chi connectivity index (χ4n) is 2.13. The molecule has 21 heavy (non-hydrogen) atoms. The summed E-state index contributed by atoms with van der Waals surface area (Å²) >= 11 is 0. The molecule has 0 aliphatic carbocycles. The number of benzene rings is 1. The average molecular weight is 314 g/mol. The standard InChI is InChI=1S/C16H27O4P/c1-4-7-10-14(5-2)13-19-21(17,18)20-16-12-9-8-11-15(16)6-3/h8-9,11-12,14H,4-7,10,13H2,1-3H3,(H,17,18). The summed E-state index contributed by atoms with van der Waals surface area (Å²) in [6.45, 7) is 6.44. The Balaban J connectivity index is 2.58. The first-order chi connectivity index (χ1) is 10.0. The molecule has 2 atom stereocenters. The van der Waals surface area contributed by atoms with Crippen molar-refractivity contribution in [3.63, 3.8) is 0 Å². The predicted molar refractivity (Wildman–Crippen MR) is 85.5 cm³/mol. The van der Waals surface area contributed by atoms with Gasteiger partial charge in [0.05, 0.1) is 6.61 Å². The SMILES string of the molecule is CCCCC(CC)COP(=O)(O)Oc1ccccc1CC. The van der Waals surface area contributed by atoms with Crippen LogP contribution in [-0.2, 0) is 15.5 Å². The number of aryl methyl sites for hydroxylation is 1. The van der Waals surface area contributed by atoms with Crippen molar-refractivity contribution in [2.45, 2.75) is 52.9 Å². The van der Waals surface area contributed by atoms with Crippen molar-refractivity contribution in [2.24, 2.45) is 5.92 Å². The van der Waals surface area contributed by atoms with Crippen LogP contribution in [0.4, 0.5) is 0 Å². The number of phosphoric acid groups is 1. The van der Waals surface area contributed by atoms with Gasteiger partial charge in [0.25, 0.3) is 0 Å². The van der Waals surface area contributed by atoms with Crippen molar-refractivity contribution in [1.29, 1.82) is 0 Å². The summed E-state index contributed by atoms with van der Waals surface area (Å²) in [7, 11) is -4.05. The van der Waals surface area contributed by atoms with Crippen molar-refractivity contribution in [3.8, 4) is 5.75 Å². The zero-order chi connectivity index (χ0) is 15.7. The molecule has 0 aliphatic heterocycles. The highest BCUT2D eigenvalue weighted by atomic mass is 31.2. The molecule has 0 spiro atoms. The Morgan fingerprint density at radius 1 is 1.24 bits per heavy atom. The van der Waals surface area contributed by atoms with E-state index in [1.807, 2.05) is 19.1 Å². The maximum atomic E-state index is 12.1. The van der Waals surface area contributed by atoms with Crippen LogP contribution in [0.15, 0.2) is 24.3 Å². The topological polar surface area (TPSA) is 55.8 Å². The molecule has 5 heteroatoms. The third-order valence-electron chi connectivity index (χ3n) is 3.58. The molecule has 0 heterocycles. The highest BCUT2D eigenvalue weighted by Gasteiger charge is 2.25. The maximum Gasteiger partial charge on any atom is 0.527 e. The summed E-state index contributed by atoms with van der Waals surface area (Å²) in [5.41, 5.74) is 0.897. The Kier molecular flexibility index (Phi) is 8.02. The van der Waals surface area contributed by atoms with E-state index < -0.39 is 7.82 Å². The summed E-state index contributed by atoms with van der Waals surface area (Å²) in [5, 5.41) is 0.